The fraction of sp³-hybridized carbons (Fsp3) is 0.579. The molecule has 0 radical (unpaired) electrons. The molecule has 0 bridgehead atoms. The van der Waals surface area contributed by atoms with Crippen molar-refractivity contribution >= 4 is 22.5 Å². The van der Waals surface area contributed by atoms with E-state index in [-0.39, 0.29) is 0 Å². The van der Waals surface area contributed by atoms with E-state index < -0.39 is 0 Å². The predicted octanol–water partition coefficient (Wildman–Crippen LogP) is 4.13. The molecule has 1 spiro atoms. The summed E-state index contributed by atoms with van der Waals surface area (Å²) in [5, 5.41) is 2.05. The van der Waals surface area contributed by atoms with Crippen LogP contribution in [0.4, 0.5) is 0 Å². The molecule has 3 nitrogen and oxygen atoms in total. The molecule has 0 aliphatic carbocycles. The Morgan fingerprint density at radius 1 is 1.13 bits per heavy atom. The summed E-state index contributed by atoms with van der Waals surface area (Å²) < 4.78 is 0. The summed E-state index contributed by atoms with van der Waals surface area (Å²) in [6.45, 7) is 5.86. The van der Waals surface area contributed by atoms with Crippen molar-refractivity contribution in [1.82, 2.24) is 14.8 Å². The van der Waals surface area contributed by atoms with E-state index in [9.17, 15) is 0 Å². The van der Waals surface area contributed by atoms with Crippen LogP contribution in [0, 0.1) is 5.41 Å². The van der Waals surface area contributed by atoms with Crippen LogP contribution in [0.3, 0.4) is 0 Å². The molecule has 1 atom stereocenters. The number of H-pyrrole nitrogens is 1. The molecule has 2 aliphatic rings. The quantitative estimate of drug-likeness (QED) is 0.894. The third-order valence-corrected chi connectivity index (χ3v) is 6.12. The van der Waals surface area contributed by atoms with E-state index in [4.69, 9.17) is 11.6 Å². The lowest BCUT2D eigenvalue weighted by atomic mass is 9.74. The molecule has 124 valence electrons. The van der Waals surface area contributed by atoms with Crippen molar-refractivity contribution in [2.75, 3.05) is 33.2 Å². The van der Waals surface area contributed by atoms with Crippen LogP contribution in [0.2, 0.25) is 5.02 Å². The van der Waals surface area contributed by atoms with Crippen molar-refractivity contribution in [2.45, 2.75) is 32.2 Å². The Morgan fingerprint density at radius 3 is 2.70 bits per heavy atom. The molecule has 0 amide bonds. The molecule has 0 saturated carbocycles. The van der Waals surface area contributed by atoms with Gasteiger partial charge in [0, 0.05) is 36.2 Å². The van der Waals surface area contributed by atoms with Crippen LogP contribution >= 0.6 is 11.6 Å². The Kier molecular flexibility index (Phi) is 4.12. The Balaban J connectivity index is 1.52. The van der Waals surface area contributed by atoms with Gasteiger partial charge in [0.15, 0.2) is 0 Å². The zero-order chi connectivity index (χ0) is 15.9. The second-order valence-corrected chi connectivity index (χ2v) is 8.00. The average molecular weight is 332 g/mol. The summed E-state index contributed by atoms with van der Waals surface area (Å²) in [6.07, 6.45) is 5.42. The standard InChI is InChI=1S/C19H26ClN3/c1-22-10-4-8-19(13-22)9-5-11-23(14-19)12-17-18(20)15-6-2-3-7-16(15)21-17/h2-3,6-7,21H,4-5,8-14H2,1H3/t19-/m0/s1. The first-order valence-electron chi connectivity index (χ1n) is 8.81. The molecule has 2 aliphatic heterocycles. The smallest absolute Gasteiger partial charge is 0.0705 e. The van der Waals surface area contributed by atoms with Gasteiger partial charge in [0.05, 0.1) is 5.02 Å². The highest BCUT2D eigenvalue weighted by atomic mass is 35.5. The molecule has 2 aromatic rings. The van der Waals surface area contributed by atoms with Gasteiger partial charge < -0.3 is 9.88 Å². The van der Waals surface area contributed by atoms with Gasteiger partial charge in [-0.15, -0.1) is 0 Å². The fourth-order valence-electron chi connectivity index (χ4n) is 4.73. The first-order valence-corrected chi connectivity index (χ1v) is 9.19. The number of rotatable bonds is 2. The molecular formula is C19H26ClN3. The van der Waals surface area contributed by atoms with E-state index in [0.717, 1.165) is 22.5 Å². The largest absolute Gasteiger partial charge is 0.356 e. The topological polar surface area (TPSA) is 22.3 Å². The van der Waals surface area contributed by atoms with E-state index in [1.807, 2.05) is 0 Å². The highest BCUT2D eigenvalue weighted by Gasteiger charge is 2.38. The SMILES string of the molecule is CN1CCC[C@]2(CCCN(Cc3[nH]c4ccccc4c3Cl)C2)C1. The summed E-state index contributed by atoms with van der Waals surface area (Å²) >= 11 is 6.61. The van der Waals surface area contributed by atoms with Gasteiger partial charge in [-0.2, -0.15) is 0 Å². The Labute approximate surface area is 143 Å². The van der Waals surface area contributed by atoms with Gasteiger partial charge >= 0.3 is 0 Å². The Morgan fingerprint density at radius 2 is 1.91 bits per heavy atom. The van der Waals surface area contributed by atoms with Gasteiger partial charge in [-0.3, -0.25) is 4.90 Å². The van der Waals surface area contributed by atoms with Crippen molar-refractivity contribution in [1.29, 1.82) is 0 Å². The average Bonchev–Trinajstić information content (AvgIpc) is 2.84. The Bertz CT molecular complexity index is 691. The number of hydrogen-bond acceptors (Lipinski definition) is 2. The number of piperidine rings is 2. The predicted molar refractivity (Wildman–Crippen MR) is 97.0 cm³/mol. The minimum Gasteiger partial charge on any atom is -0.356 e. The molecule has 4 rings (SSSR count). The van der Waals surface area contributed by atoms with Crippen LogP contribution < -0.4 is 0 Å². The zero-order valence-corrected chi connectivity index (χ0v) is 14.7. The number of benzene rings is 1. The molecule has 1 N–H and O–H groups in total. The lowest BCUT2D eigenvalue weighted by Gasteiger charge is -2.47. The van der Waals surface area contributed by atoms with E-state index in [2.05, 4.69) is 46.1 Å². The van der Waals surface area contributed by atoms with Gasteiger partial charge in [0.25, 0.3) is 0 Å². The van der Waals surface area contributed by atoms with E-state index >= 15 is 0 Å². The first kappa shape index (κ1) is 15.5. The third kappa shape index (κ3) is 3.02. The maximum atomic E-state index is 6.61. The second-order valence-electron chi connectivity index (χ2n) is 7.62. The summed E-state index contributed by atoms with van der Waals surface area (Å²) in [5.74, 6) is 0. The third-order valence-electron chi connectivity index (χ3n) is 5.69. The van der Waals surface area contributed by atoms with E-state index in [0.29, 0.717) is 5.41 Å². The van der Waals surface area contributed by atoms with Gasteiger partial charge in [-0.05, 0) is 57.3 Å². The molecule has 1 aromatic carbocycles. The maximum Gasteiger partial charge on any atom is 0.0705 e. The van der Waals surface area contributed by atoms with Crippen LogP contribution in [0.5, 0.6) is 0 Å². The minimum absolute atomic E-state index is 0.504. The minimum atomic E-state index is 0.504. The summed E-state index contributed by atoms with van der Waals surface area (Å²) in [4.78, 5) is 8.65. The fourth-order valence-corrected chi connectivity index (χ4v) is 5.00. The lowest BCUT2D eigenvalue weighted by Crippen LogP contribution is -2.51. The molecule has 3 heterocycles. The number of aromatic amines is 1. The summed E-state index contributed by atoms with van der Waals surface area (Å²) in [7, 11) is 2.27. The van der Waals surface area contributed by atoms with Crippen LogP contribution in [-0.2, 0) is 6.54 Å². The van der Waals surface area contributed by atoms with Gasteiger partial charge in [-0.25, -0.2) is 0 Å². The lowest BCUT2D eigenvalue weighted by molar-refractivity contribution is 0.0194. The van der Waals surface area contributed by atoms with Crippen LogP contribution in [0.1, 0.15) is 31.4 Å². The molecular weight excluding hydrogens is 306 g/mol. The van der Waals surface area contributed by atoms with E-state index in [1.165, 1.54) is 57.6 Å². The van der Waals surface area contributed by atoms with Crippen molar-refractivity contribution in [3.05, 3.63) is 35.0 Å². The van der Waals surface area contributed by atoms with Crippen LogP contribution in [0.15, 0.2) is 24.3 Å². The normalized spacial score (nSPS) is 27.0. The van der Waals surface area contributed by atoms with Crippen molar-refractivity contribution in [3.8, 4) is 0 Å². The number of halogens is 1. The highest BCUT2D eigenvalue weighted by molar-refractivity contribution is 6.36. The number of para-hydroxylation sites is 1. The van der Waals surface area contributed by atoms with Gasteiger partial charge in [0.1, 0.15) is 0 Å². The molecule has 1 aromatic heterocycles. The zero-order valence-electron chi connectivity index (χ0n) is 13.9. The summed E-state index contributed by atoms with van der Waals surface area (Å²) in [5.41, 5.74) is 2.83. The van der Waals surface area contributed by atoms with E-state index in [1.54, 1.807) is 0 Å². The number of hydrogen-bond donors (Lipinski definition) is 1. The monoisotopic (exact) mass is 331 g/mol. The Hall–Kier alpha value is -1.03. The van der Waals surface area contributed by atoms with Crippen molar-refractivity contribution < 1.29 is 0 Å². The number of fused-ring (bicyclic) bond motifs is 1. The molecule has 2 saturated heterocycles. The molecule has 23 heavy (non-hydrogen) atoms. The second kappa shape index (κ2) is 6.12. The maximum absolute atomic E-state index is 6.61. The van der Waals surface area contributed by atoms with Gasteiger partial charge in [0.2, 0.25) is 0 Å². The summed E-state index contributed by atoms with van der Waals surface area (Å²) in [6, 6.07) is 8.33. The van der Waals surface area contributed by atoms with Crippen molar-refractivity contribution in [2.24, 2.45) is 5.41 Å². The van der Waals surface area contributed by atoms with Crippen LogP contribution in [0.25, 0.3) is 10.9 Å². The van der Waals surface area contributed by atoms with Crippen LogP contribution in [-0.4, -0.2) is 48.0 Å². The van der Waals surface area contributed by atoms with Gasteiger partial charge in [-0.1, -0.05) is 29.8 Å². The molecule has 2 fully saturated rings. The molecule has 0 unspecified atom stereocenters. The first-order chi connectivity index (χ1) is 11.2. The number of aromatic nitrogens is 1. The number of nitrogens with one attached hydrogen (secondary N) is 1. The number of likely N-dealkylation sites (tertiary alicyclic amines) is 2. The number of nitrogens with zero attached hydrogens (tertiary/aromatic N) is 2. The molecule has 4 heteroatoms. The highest BCUT2D eigenvalue weighted by Crippen LogP contribution is 2.39. The van der Waals surface area contributed by atoms with Crippen molar-refractivity contribution in [3.63, 3.8) is 0 Å².